The monoisotopic (exact) mass is 470 g/mol. The molecule has 0 fully saturated rings. The van der Waals surface area contributed by atoms with Crippen molar-refractivity contribution in [2.75, 3.05) is 21.3 Å². The molecule has 3 aromatic carbocycles. The second-order valence-electron chi connectivity index (χ2n) is 7.24. The van der Waals surface area contributed by atoms with Crippen LogP contribution in [-0.2, 0) is 12.8 Å². The van der Waals surface area contributed by atoms with Gasteiger partial charge in [0.2, 0.25) is 5.75 Å². The standard InChI is InChI=1S/C25H21F3N2O4/c1-31-21-12-17(13-22(32-2)24(21)33-3)34-14-20-23(15-7-5-4-6-8-15)30-19-11-16(25(26,27)28)9-10-18(19)29-20/h4-13H,14H2,1-3H3. The lowest BCUT2D eigenvalue weighted by Gasteiger charge is -2.16. The molecule has 0 amide bonds. The van der Waals surface area contributed by atoms with Crippen LogP contribution in [0.4, 0.5) is 13.2 Å². The highest BCUT2D eigenvalue weighted by Crippen LogP contribution is 2.41. The van der Waals surface area contributed by atoms with Crippen molar-refractivity contribution in [3.63, 3.8) is 0 Å². The average molecular weight is 470 g/mol. The minimum Gasteiger partial charge on any atom is -0.493 e. The highest BCUT2D eigenvalue weighted by Gasteiger charge is 2.31. The average Bonchev–Trinajstić information content (AvgIpc) is 2.85. The van der Waals surface area contributed by atoms with Gasteiger partial charge in [0.25, 0.3) is 0 Å². The van der Waals surface area contributed by atoms with E-state index in [4.69, 9.17) is 18.9 Å². The summed E-state index contributed by atoms with van der Waals surface area (Å²) in [4.78, 5) is 9.08. The number of benzene rings is 3. The number of rotatable bonds is 7. The van der Waals surface area contributed by atoms with Gasteiger partial charge in [0, 0.05) is 17.7 Å². The van der Waals surface area contributed by atoms with Crippen molar-refractivity contribution in [1.29, 1.82) is 0 Å². The Bertz CT molecular complexity index is 1290. The molecule has 1 heterocycles. The van der Waals surface area contributed by atoms with E-state index in [2.05, 4.69) is 9.97 Å². The van der Waals surface area contributed by atoms with Crippen molar-refractivity contribution < 1.29 is 32.1 Å². The summed E-state index contributed by atoms with van der Waals surface area (Å²) < 4.78 is 61.6. The van der Waals surface area contributed by atoms with Crippen molar-refractivity contribution in [2.45, 2.75) is 12.8 Å². The normalized spacial score (nSPS) is 11.4. The van der Waals surface area contributed by atoms with Gasteiger partial charge in [-0.25, -0.2) is 9.97 Å². The van der Waals surface area contributed by atoms with Gasteiger partial charge in [-0.1, -0.05) is 30.3 Å². The van der Waals surface area contributed by atoms with E-state index in [1.54, 1.807) is 12.1 Å². The molecule has 0 N–H and O–H groups in total. The predicted octanol–water partition coefficient (Wildman–Crippen LogP) is 5.92. The predicted molar refractivity (Wildman–Crippen MR) is 120 cm³/mol. The van der Waals surface area contributed by atoms with E-state index in [0.717, 1.165) is 12.1 Å². The molecule has 0 aliphatic heterocycles. The van der Waals surface area contributed by atoms with Crippen LogP contribution in [-0.4, -0.2) is 31.3 Å². The number of halogens is 3. The maximum Gasteiger partial charge on any atom is 0.416 e. The summed E-state index contributed by atoms with van der Waals surface area (Å²) in [7, 11) is 4.50. The number of alkyl halides is 3. The zero-order valence-corrected chi connectivity index (χ0v) is 18.6. The lowest BCUT2D eigenvalue weighted by molar-refractivity contribution is -0.137. The molecule has 0 aliphatic rings. The lowest BCUT2D eigenvalue weighted by Crippen LogP contribution is -2.07. The Morgan fingerprint density at radius 3 is 2.03 bits per heavy atom. The van der Waals surface area contributed by atoms with E-state index >= 15 is 0 Å². The fourth-order valence-electron chi connectivity index (χ4n) is 3.49. The van der Waals surface area contributed by atoms with Crippen LogP contribution in [0.3, 0.4) is 0 Å². The molecule has 6 nitrogen and oxygen atoms in total. The zero-order chi connectivity index (χ0) is 24.3. The first-order valence-corrected chi connectivity index (χ1v) is 10.2. The van der Waals surface area contributed by atoms with Gasteiger partial charge >= 0.3 is 6.18 Å². The van der Waals surface area contributed by atoms with E-state index in [1.807, 2.05) is 30.3 Å². The molecule has 1 aromatic heterocycles. The van der Waals surface area contributed by atoms with E-state index in [9.17, 15) is 13.2 Å². The third-order valence-electron chi connectivity index (χ3n) is 5.12. The summed E-state index contributed by atoms with van der Waals surface area (Å²) in [5, 5.41) is 0. The Morgan fingerprint density at radius 2 is 1.44 bits per heavy atom. The second-order valence-corrected chi connectivity index (χ2v) is 7.24. The van der Waals surface area contributed by atoms with Crippen molar-refractivity contribution in [1.82, 2.24) is 9.97 Å². The van der Waals surface area contributed by atoms with Crippen molar-refractivity contribution in [3.8, 4) is 34.3 Å². The maximum atomic E-state index is 13.2. The molecule has 0 radical (unpaired) electrons. The molecule has 4 rings (SSSR count). The number of hydrogen-bond acceptors (Lipinski definition) is 6. The maximum absolute atomic E-state index is 13.2. The molecule has 9 heteroatoms. The third-order valence-corrected chi connectivity index (χ3v) is 5.12. The van der Waals surface area contributed by atoms with Gasteiger partial charge in [-0.3, -0.25) is 0 Å². The molecule has 176 valence electrons. The van der Waals surface area contributed by atoms with Gasteiger partial charge in [-0.2, -0.15) is 13.2 Å². The van der Waals surface area contributed by atoms with Crippen LogP contribution in [0.15, 0.2) is 60.7 Å². The van der Waals surface area contributed by atoms with Crippen LogP contribution >= 0.6 is 0 Å². The fraction of sp³-hybridized carbons (Fsp3) is 0.200. The summed E-state index contributed by atoms with van der Waals surface area (Å²) in [6.07, 6.45) is -4.48. The van der Waals surface area contributed by atoms with Crippen LogP contribution in [0.5, 0.6) is 23.0 Å². The number of methoxy groups -OCH3 is 3. The zero-order valence-electron chi connectivity index (χ0n) is 18.6. The van der Waals surface area contributed by atoms with Crippen LogP contribution in [0.2, 0.25) is 0 Å². The minimum absolute atomic E-state index is 0.00677. The van der Waals surface area contributed by atoms with Gasteiger partial charge in [0.05, 0.1) is 43.6 Å². The third kappa shape index (κ3) is 4.68. The van der Waals surface area contributed by atoms with E-state index in [0.29, 0.717) is 45.5 Å². The van der Waals surface area contributed by atoms with Crippen LogP contribution < -0.4 is 18.9 Å². The summed E-state index contributed by atoms with van der Waals surface area (Å²) in [6, 6.07) is 15.7. The molecule has 0 spiro atoms. The number of fused-ring (bicyclic) bond motifs is 1. The molecular formula is C25H21F3N2O4. The second kappa shape index (κ2) is 9.46. The number of aromatic nitrogens is 2. The SMILES string of the molecule is COc1cc(OCc2nc3ccc(C(F)(F)F)cc3nc2-c2ccccc2)cc(OC)c1OC. The quantitative estimate of drug-likeness (QED) is 0.334. The fourth-order valence-corrected chi connectivity index (χ4v) is 3.49. The Kier molecular flexibility index (Phi) is 6.45. The molecule has 0 aliphatic carbocycles. The topological polar surface area (TPSA) is 62.7 Å². The summed E-state index contributed by atoms with van der Waals surface area (Å²) >= 11 is 0. The number of nitrogens with zero attached hydrogens (tertiary/aromatic N) is 2. The highest BCUT2D eigenvalue weighted by molar-refractivity contribution is 5.79. The van der Waals surface area contributed by atoms with Crippen LogP contribution in [0, 0.1) is 0 Å². The van der Waals surface area contributed by atoms with Gasteiger partial charge in [-0.15, -0.1) is 0 Å². The largest absolute Gasteiger partial charge is 0.493 e. The Hall–Kier alpha value is -4.01. The van der Waals surface area contributed by atoms with Gasteiger partial charge in [-0.05, 0) is 18.2 Å². The first kappa shape index (κ1) is 23.2. The van der Waals surface area contributed by atoms with Crippen LogP contribution in [0.25, 0.3) is 22.3 Å². The highest BCUT2D eigenvalue weighted by atomic mass is 19.4. The first-order valence-electron chi connectivity index (χ1n) is 10.2. The molecule has 34 heavy (non-hydrogen) atoms. The van der Waals surface area contributed by atoms with E-state index < -0.39 is 11.7 Å². The van der Waals surface area contributed by atoms with E-state index in [1.165, 1.54) is 27.4 Å². The Balaban J connectivity index is 1.76. The van der Waals surface area contributed by atoms with Crippen molar-refractivity contribution in [2.24, 2.45) is 0 Å². The minimum atomic E-state index is -4.48. The lowest BCUT2D eigenvalue weighted by atomic mass is 10.1. The summed E-state index contributed by atoms with van der Waals surface area (Å²) in [5.41, 5.74) is 1.29. The van der Waals surface area contributed by atoms with Crippen molar-refractivity contribution in [3.05, 3.63) is 71.9 Å². The molecular weight excluding hydrogens is 449 g/mol. The first-order chi connectivity index (χ1) is 16.3. The van der Waals surface area contributed by atoms with Crippen LogP contribution in [0.1, 0.15) is 11.3 Å². The Morgan fingerprint density at radius 1 is 0.765 bits per heavy atom. The summed E-state index contributed by atoms with van der Waals surface area (Å²) in [5.74, 6) is 1.70. The Labute approximate surface area is 193 Å². The van der Waals surface area contributed by atoms with Crippen molar-refractivity contribution >= 4 is 11.0 Å². The molecule has 0 saturated heterocycles. The van der Waals surface area contributed by atoms with Gasteiger partial charge < -0.3 is 18.9 Å². The smallest absolute Gasteiger partial charge is 0.416 e. The number of ether oxygens (including phenoxy) is 4. The molecule has 4 aromatic rings. The van der Waals surface area contributed by atoms with Gasteiger partial charge in [0.1, 0.15) is 18.1 Å². The number of hydrogen-bond donors (Lipinski definition) is 0. The molecule has 0 bridgehead atoms. The van der Waals surface area contributed by atoms with E-state index in [-0.39, 0.29) is 12.1 Å². The molecule has 0 saturated carbocycles. The van der Waals surface area contributed by atoms with Gasteiger partial charge in [0.15, 0.2) is 11.5 Å². The molecule has 0 atom stereocenters. The molecule has 0 unspecified atom stereocenters. The summed E-state index contributed by atoms with van der Waals surface area (Å²) in [6.45, 7) is 0.00677.